The Morgan fingerprint density at radius 2 is 2.24 bits per heavy atom. The van der Waals surface area contributed by atoms with Gasteiger partial charge in [-0.2, -0.15) is 0 Å². The van der Waals surface area contributed by atoms with Crippen LogP contribution in [0.1, 0.15) is 18.3 Å². The largest absolute Gasteiger partial charge is 0.453 e. The molecule has 0 aromatic carbocycles. The summed E-state index contributed by atoms with van der Waals surface area (Å²) in [5, 5.41) is 6.82. The first kappa shape index (κ1) is 19.0. The minimum Gasteiger partial charge on any atom is -0.453 e. The Balaban J connectivity index is 2.02. The summed E-state index contributed by atoms with van der Waals surface area (Å²) in [5.41, 5.74) is 2.31. The van der Waals surface area contributed by atoms with Crippen molar-refractivity contribution in [3.63, 3.8) is 0 Å². The van der Waals surface area contributed by atoms with E-state index >= 15 is 0 Å². The van der Waals surface area contributed by atoms with Crippen molar-refractivity contribution in [2.24, 2.45) is 11.1 Å². The maximum Gasteiger partial charge on any atom is 0.406 e. The molecule has 25 heavy (non-hydrogen) atoms. The summed E-state index contributed by atoms with van der Waals surface area (Å²) in [5.74, 6) is -0.178. The molecule has 2 rings (SSSR count). The number of aromatic nitrogens is 1. The van der Waals surface area contributed by atoms with Crippen LogP contribution in [-0.2, 0) is 16.2 Å². The Kier molecular flexibility index (Phi) is 6.58. The van der Waals surface area contributed by atoms with Gasteiger partial charge in [-0.3, -0.25) is 4.98 Å². The van der Waals surface area contributed by atoms with Crippen molar-refractivity contribution in [2.45, 2.75) is 25.3 Å². The molecule has 1 aliphatic rings. The molecule has 0 fully saturated rings. The Bertz CT molecular complexity index is 703. The number of nitrogens with zero attached hydrogens (tertiary/aromatic N) is 2. The molecule has 0 saturated carbocycles. The Hall–Kier alpha value is -2.34. The van der Waals surface area contributed by atoms with E-state index < -0.39 is 11.0 Å². The van der Waals surface area contributed by atoms with Crippen LogP contribution in [0.3, 0.4) is 0 Å². The van der Waals surface area contributed by atoms with Crippen LogP contribution in [0.4, 0.5) is 4.79 Å². The third kappa shape index (κ3) is 5.06. The number of methoxy groups -OCH3 is 1. The van der Waals surface area contributed by atoms with Gasteiger partial charge < -0.3 is 14.9 Å². The lowest BCUT2D eigenvalue weighted by atomic mass is 9.84. The van der Waals surface area contributed by atoms with Gasteiger partial charge in [-0.1, -0.05) is 35.5 Å². The van der Waals surface area contributed by atoms with Crippen molar-refractivity contribution < 1.29 is 14.4 Å². The summed E-state index contributed by atoms with van der Waals surface area (Å²) in [6.07, 6.45) is 6.99. The number of halogens is 1. The second-order valence-electron chi connectivity index (χ2n) is 5.71. The number of rotatable bonds is 6. The van der Waals surface area contributed by atoms with Crippen LogP contribution in [0, 0.1) is 12.8 Å². The van der Waals surface area contributed by atoms with E-state index in [1.54, 1.807) is 6.92 Å². The molecule has 1 aromatic heterocycles. The van der Waals surface area contributed by atoms with Gasteiger partial charge in [-0.15, -0.1) is 11.6 Å². The summed E-state index contributed by atoms with van der Waals surface area (Å²) in [7, 11) is 1.32. The van der Waals surface area contributed by atoms with E-state index in [9.17, 15) is 4.79 Å². The number of alkyl carbamates (subject to hydrolysis) is 1. The highest BCUT2D eigenvalue weighted by Crippen LogP contribution is 2.33. The van der Waals surface area contributed by atoms with Crippen LogP contribution < -0.4 is 5.32 Å². The number of carbonyl (C=O) groups excluding carboxylic acids is 1. The lowest BCUT2D eigenvalue weighted by Crippen LogP contribution is -2.44. The fourth-order valence-corrected chi connectivity index (χ4v) is 2.73. The summed E-state index contributed by atoms with van der Waals surface area (Å²) in [6, 6.07) is 5.72. The number of hydrogen-bond donors (Lipinski definition) is 1. The molecular formula is C18H22ClN3O3. The normalized spacial score (nSPS) is 22.6. The number of amides is 1. The van der Waals surface area contributed by atoms with Crippen molar-refractivity contribution in [3.05, 3.63) is 53.9 Å². The van der Waals surface area contributed by atoms with Crippen molar-refractivity contribution in [2.75, 3.05) is 13.7 Å². The van der Waals surface area contributed by atoms with Crippen LogP contribution in [0.2, 0.25) is 0 Å². The fourth-order valence-electron chi connectivity index (χ4n) is 2.47. The second kappa shape index (κ2) is 8.67. The van der Waals surface area contributed by atoms with Gasteiger partial charge in [0.2, 0.25) is 0 Å². The van der Waals surface area contributed by atoms with E-state index in [1.165, 1.54) is 7.11 Å². The monoisotopic (exact) mass is 363 g/mol. The van der Waals surface area contributed by atoms with Gasteiger partial charge in [0, 0.05) is 18.2 Å². The average molecular weight is 364 g/mol. The van der Waals surface area contributed by atoms with Gasteiger partial charge in [-0.05, 0) is 26.0 Å². The van der Waals surface area contributed by atoms with Crippen molar-refractivity contribution in [3.8, 4) is 0 Å². The highest BCUT2D eigenvalue weighted by atomic mass is 35.5. The molecule has 1 aliphatic carbocycles. The topological polar surface area (TPSA) is 72.8 Å². The van der Waals surface area contributed by atoms with E-state index in [1.807, 2.05) is 49.4 Å². The maximum absolute atomic E-state index is 11.3. The lowest BCUT2D eigenvalue weighted by Gasteiger charge is -2.32. The van der Waals surface area contributed by atoms with Gasteiger partial charge in [0.15, 0.2) is 6.61 Å². The fraction of sp³-hybridized carbons (Fsp3) is 0.389. The number of allylic oxidation sites excluding steroid dienone is 3. The van der Waals surface area contributed by atoms with E-state index in [0.29, 0.717) is 12.3 Å². The number of pyridine rings is 1. The molecule has 2 unspecified atom stereocenters. The molecule has 0 bridgehead atoms. The molecule has 0 aliphatic heterocycles. The molecule has 0 radical (unpaired) electrons. The molecule has 134 valence electrons. The SMILES string of the molecule is COC(=O)NCC1C=CC=CC1(Cl)C(C)=NOCc1cccc(C)n1. The zero-order chi connectivity index (χ0) is 18.3. The standard InChI is InChI=1S/C18H22ClN3O3/c1-13-7-6-9-16(21-13)12-25-22-14(2)18(19)10-5-4-8-15(18)11-20-17(23)24-3/h4-10,15H,11-12H2,1-3H3,(H,20,23). The second-order valence-corrected chi connectivity index (χ2v) is 6.34. The number of alkyl halides is 1. The van der Waals surface area contributed by atoms with Crippen LogP contribution in [0.5, 0.6) is 0 Å². The van der Waals surface area contributed by atoms with Crippen molar-refractivity contribution in [1.29, 1.82) is 0 Å². The minimum absolute atomic E-state index is 0.178. The summed E-state index contributed by atoms with van der Waals surface area (Å²) in [4.78, 5) is 20.2. The summed E-state index contributed by atoms with van der Waals surface area (Å²) >= 11 is 6.77. The molecule has 1 heterocycles. The maximum atomic E-state index is 11.3. The first-order valence-corrected chi connectivity index (χ1v) is 8.30. The van der Waals surface area contributed by atoms with E-state index in [0.717, 1.165) is 11.4 Å². The number of ether oxygens (including phenoxy) is 1. The molecule has 7 heteroatoms. The third-order valence-corrected chi connectivity index (χ3v) is 4.58. The number of hydrogen-bond acceptors (Lipinski definition) is 5. The smallest absolute Gasteiger partial charge is 0.406 e. The van der Waals surface area contributed by atoms with Gasteiger partial charge in [0.05, 0.1) is 18.5 Å². The number of oxime groups is 1. The highest BCUT2D eigenvalue weighted by Gasteiger charge is 2.38. The van der Waals surface area contributed by atoms with Gasteiger partial charge >= 0.3 is 6.09 Å². The summed E-state index contributed by atoms with van der Waals surface area (Å²) < 4.78 is 4.60. The van der Waals surface area contributed by atoms with Crippen molar-refractivity contribution >= 4 is 23.4 Å². The zero-order valence-corrected chi connectivity index (χ0v) is 15.3. The first-order valence-electron chi connectivity index (χ1n) is 7.92. The van der Waals surface area contributed by atoms with E-state index in [2.05, 4.69) is 20.2 Å². The molecule has 2 atom stereocenters. The Morgan fingerprint density at radius 3 is 2.96 bits per heavy atom. The molecular weight excluding hydrogens is 342 g/mol. The minimum atomic E-state index is -0.879. The van der Waals surface area contributed by atoms with Crippen LogP contribution >= 0.6 is 11.6 Å². The Morgan fingerprint density at radius 1 is 1.44 bits per heavy atom. The molecule has 0 spiro atoms. The van der Waals surface area contributed by atoms with E-state index in [-0.39, 0.29) is 12.5 Å². The molecule has 1 aromatic rings. The summed E-state index contributed by atoms with van der Waals surface area (Å²) in [6.45, 7) is 4.30. The quantitative estimate of drug-likeness (QED) is 0.478. The number of aryl methyl sites for hydroxylation is 1. The highest BCUT2D eigenvalue weighted by molar-refractivity contribution is 6.38. The molecule has 0 saturated heterocycles. The van der Waals surface area contributed by atoms with Gasteiger partial charge in [0.1, 0.15) is 4.87 Å². The predicted octanol–water partition coefficient (Wildman–Crippen LogP) is 3.36. The number of nitrogens with one attached hydrogen (secondary N) is 1. The zero-order valence-electron chi connectivity index (χ0n) is 14.5. The average Bonchev–Trinajstić information content (AvgIpc) is 2.60. The predicted molar refractivity (Wildman–Crippen MR) is 97.6 cm³/mol. The first-order chi connectivity index (χ1) is 12.0. The molecule has 1 N–H and O–H groups in total. The van der Waals surface area contributed by atoms with E-state index in [4.69, 9.17) is 16.4 Å². The van der Waals surface area contributed by atoms with Crippen LogP contribution in [-0.4, -0.2) is 35.3 Å². The number of carbonyl (C=O) groups is 1. The Labute approximate surface area is 152 Å². The molecule has 1 amide bonds. The third-order valence-electron chi connectivity index (χ3n) is 3.90. The van der Waals surface area contributed by atoms with Gasteiger partial charge in [-0.25, -0.2) is 4.79 Å². The van der Waals surface area contributed by atoms with Gasteiger partial charge in [0.25, 0.3) is 0 Å². The lowest BCUT2D eigenvalue weighted by molar-refractivity contribution is 0.126. The van der Waals surface area contributed by atoms with Crippen LogP contribution in [0.15, 0.2) is 47.7 Å². The van der Waals surface area contributed by atoms with Crippen molar-refractivity contribution in [1.82, 2.24) is 10.3 Å². The molecule has 6 nitrogen and oxygen atoms in total. The van der Waals surface area contributed by atoms with Crippen LogP contribution in [0.25, 0.3) is 0 Å².